The van der Waals surface area contributed by atoms with Gasteiger partial charge in [-0.05, 0) is 19.4 Å². The first kappa shape index (κ1) is 15.2. The van der Waals surface area contributed by atoms with Crippen LogP contribution in [0.3, 0.4) is 0 Å². The van der Waals surface area contributed by atoms with E-state index in [9.17, 15) is 14.0 Å². The molecule has 0 aromatic carbocycles. The van der Waals surface area contributed by atoms with E-state index in [1.807, 2.05) is 6.92 Å². The molecule has 2 heterocycles. The van der Waals surface area contributed by atoms with Gasteiger partial charge in [-0.3, -0.25) is 9.59 Å². The van der Waals surface area contributed by atoms with Crippen LogP contribution in [0, 0.1) is 5.82 Å². The van der Waals surface area contributed by atoms with Crippen LogP contribution in [0.25, 0.3) is 0 Å². The van der Waals surface area contributed by atoms with E-state index in [0.29, 0.717) is 26.1 Å². The molecule has 6 nitrogen and oxygen atoms in total. The van der Waals surface area contributed by atoms with Gasteiger partial charge < -0.3 is 15.1 Å². The number of aromatic nitrogens is 1. The van der Waals surface area contributed by atoms with Crippen LogP contribution in [0.15, 0.2) is 12.3 Å². The Hall–Kier alpha value is -2.18. The standard InChI is InChI=1S/C14H19FN4O2/c1-3-16-13-12(15)10(5-6-17-13)14(21)19-8-4-7-18(2)11(20)9-19/h5-6H,3-4,7-9H2,1-2H3,(H,16,17). The Morgan fingerprint density at radius 2 is 2.24 bits per heavy atom. The van der Waals surface area contributed by atoms with Gasteiger partial charge in [0.05, 0.1) is 5.56 Å². The summed E-state index contributed by atoms with van der Waals surface area (Å²) in [6, 6.07) is 1.34. The molecule has 0 bridgehead atoms. The molecule has 1 fully saturated rings. The molecule has 0 saturated carbocycles. The normalized spacial score (nSPS) is 15.9. The van der Waals surface area contributed by atoms with Gasteiger partial charge in [-0.1, -0.05) is 0 Å². The molecule has 0 unspecified atom stereocenters. The first-order chi connectivity index (χ1) is 10.0. The number of carbonyl (C=O) groups is 2. The first-order valence-corrected chi connectivity index (χ1v) is 6.96. The molecule has 114 valence electrons. The summed E-state index contributed by atoms with van der Waals surface area (Å²) in [5, 5.41) is 2.77. The summed E-state index contributed by atoms with van der Waals surface area (Å²) < 4.78 is 14.3. The van der Waals surface area contributed by atoms with Crippen molar-refractivity contribution in [2.24, 2.45) is 0 Å². The van der Waals surface area contributed by atoms with Crippen molar-refractivity contribution in [3.05, 3.63) is 23.6 Å². The summed E-state index contributed by atoms with van der Waals surface area (Å²) in [6.45, 7) is 3.35. The minimum Gasteiger partial charge on any atom is -0.368 e. The average Bonchev–Trinajstić information content (AvgIpc) is 2.63. The van der Waals surface area contributed by atoms with E-state index in [1.54, 1.807) is 11.9 Å². The molecule has 21 heavy (non-hydrogen) atoms. The third-order valence-corrected chi connectivity index (χ3v) is 3.42. The Morgan fingerprint density at radius 1 is 1.48 bits per heavy atom. The van der Waals surface area contributed by atoms with E-state index in [0.717, 1.165) is 0 Å². The Balaban J connectivity index is 2.23. The first-order valence-electron chi connectivity index (χ1n) is 6.96. The maximum absolute atomic E-state index is 14.3. The lowest BCUT2D eigenvalue weighted by Gasteiger charge is -2.20. The van der Waals surface area contributed by atoms with Crippen molar-refractivity contribution in [2.75, 3.05) is 38.5 Å². The smallest absolute Gasteiger partial charge is 0.257 e. The number of amides is 2. The molecular weight excluding hydrogens is 275 g/mol. The highest BCUT2D eigenvalue weighted by molar-refractivity contribution is 5.97. The summed E-state index contributed by atoms with van der Waals surface area (Å²) in [5.74, 6) is -1.23. The van der Waals surface area contributed by atoms with Crippen LogP contribution in [0.1, 0.15) is 23.7 Å². The van der Waals surface area contributed by atoms with Gasteiger partial charge in [-0.25, -0.2) is 9.37 Å². The number of nitrogens with one attached hydrogen (secondary N) is 1. The van der Waals surface area contributed by atoms with Crippen LogP contribution in [0.5, 0.6) is 0 Å². The van der Waals surface area contributed by atoms with Crippen LogP contribution in [-0.4, -0.2) is 59.8 Å². The van der Waals surface area contributed by atoms with Gasteiger partial charge >= 0.3 is 0 Å². The summed E-state index contributed by atoms with van der Waals surface area (Å²) in [5.41, 5.74) is -0.0571. The van der Waals surface area contributed by atoms with E-state index in [4.69, 9.17) is 0 Å². The number of anilines is 1. The number of nitrogens with zero attached hydrogens (tertiary/aromatic N) is 3. The lowest BCUT2D eigenvalue weighted by molar-refractivity contribution is -0.129. The van der Waals surface area contributed by atoms with E-state index in [-0.39, 0.29) is 23.8 Å². The van der Waals surface area contributed by atoms with Crippen molar-refractivity contribution in [1.82, 2.24) is 14.8 Å². The number of hydrogen-bond donors (Lipinski definition) is 1. The lowest BCUT2D eigenvalue weighted by atomic mass is 10.2. The molecule has 0 aliphatic carbocycles. The minimum absolute atomic E-state index is 0.0202. The predicted molar refractivity (Wildman–Crippen MR) is 76.5 cm³/mol. The molecule has 1 N–H and O–H groups in total. The topological polar surface area (TPSA) is 65.5 Å². The quantitative estimate of drug-likeness (QED) is 0.901. The third-order valence-electron chi connectivity index (χ3n) is 3.42. The largest absolute Gasteiger partial charge is 0.368 e. The second-order valence-electron chi connectivity index (χ2n) is 4.95. The van der Waals surface area contributed by atoms with Gasteiger partial charge in [0.2, 0.25) is 5.91 Å². The van der Waals surface area contributed by atoms with Gasteiger partial charge in [0.25, 0.3) is 5.91 Å². The van der Waals surface area contributed by atoms with Crippen molar-refractivity contribution < 1.29 is 14.0 Å². The molecule has 2 amide bonds. The summed E-state index contributed by atoms with van der Waals surface area (Å²) >= 11 is 0. The highest BCUT2D eigenvalue weighted by atomic mass is 19.1. The Bertz CT molecular complexity index is 550. The number of pyridine rings is 1. The fraction of sp³-hybridized carbons (Fsp3) is 0.500. The Labute approximate surface area is 122 Å². The molecule has 1 saturated heterocycles. The van der Waals surface area contributed by atoms with Gasteiger partial charge in [0.1, 0.15) is 6.54 Å². The lowest BCUT2D eigenvalue weighted by Crippen LogP contribution is -2.38. The fourth-order valence-electron chi connectivity index (χ4n) is 2.23. The molecule has 1 aromatic rings. The van der Waals surface area contributed by atoms with Crippen LogP contribution < -0.4 is 5.32 Å². The van der Waals surface area contributed by atoms with E-state index in [1.165, 1.54) is 17.2 Å². The molecule has 1 aliphatic rings. The Kier molecular flexibility index (Phi) is 4.72. The zero-order valence-corrected chi connectivity index (χ0v) is 12.2. The van der Waals surface area contributed by atoms with Gasteiger partial charge in [0, 0.05) is 32.9 Å². The molecule has 0 radical (unpaired) electrons. The van der Waals surface area contributed by atoms with E-state index in [2.05, 4.69) is 10.3 Å². The highest BCUT2D eigenvalue weighted by Gasteiger charge is 2.26. The van der Waals surface area contributed by atoms with Gasteiger partial charge in [-0.15, -0.1) is 0 Å². The summed E-state index contributed by atoms with van der Waals surface area (Å²) in [7, 11) is 1.70. The number of carbonyl (C=O) groups excluding carboxylic acids is 2. The number of halogens is 1. The molecular formula is C14H19FN4O2. The highest BCUT2D eigenvalue weighted by Crippen LogP contribution is 2.17. The Morgan fingerprint density at radius 3 is 2.95 bits per heavy atom. The third kappa shape index (κ3) is 3.29. The zero-order chi connectivity index (χ0) is 15.4. The van der Waals surface area contributed by atoms with Crippen molar-refractivity contribution in [2.45, 2.75) is 13.3 Å². The summed E-state index contributed by atoms with van der Waals surface area (Å²) in [6.07, 6.45) is 2.07. The van der Waals surface area contributed by atoms with E-state index >= 15 is 0 Å². The molecule has 0 spiro atoms. The zero-order valence-electron chi connectivity index (χ0n) is 12.2. The van der Waals surface area contributed by atoms with Crippen molar-refractivity contribution >= 4 is 17.6 Å². The SMILES string of the molecule is CCNc1nccc(C(=O)N2CCCN(C)C(=O)C2)c1F. The number of rotatable bonds is 3. The van der Waals surface area contributed by atoms with Crippen LogP contribution in [0.4, 0.5) is 10.2 Å². The fourth-order valence-corrected chi connectivity index (χ4v) is 2.23. The molecule has 1 aliphatic heterocycles. The summed E-state index contributed by atoms with van der Waals surface area (Å²) in [4.78, 5) is 31.1. The second kappa shape index (κ2) is 6.51. The second-order valence-corrected chi connectivity index (χ2v) is 4.95. The van der Waals surface area contributed by atoms with Crippen LogP contribution in [-0.2, 0) is 4.79 Å². The average molecular weight is 294 g/mol. The maximum Gasteiger partial charge on any atom is 0.257 e. The number of likely N-dealkylation sites (N-methyl/N-ethyl adjacent to an activating group) is 1. The monoisotopic (exact) mass is 294 g/mol. The van der Waals surface area contributed by atoms with Gasteiger partial charge in [0.15, 0.2) is 11.6 Å². The molecule has 0 atom stereocenters. The van der Waals surface area contributed by atoms with Crippen molar-refractivity contribution in [3.63, 3.8) is 0 Å². The molecule has 2 rings (SSSR count). The van der Waals surface area contributed by atoms with Gasteiger partial charge in [-0.2, -0.15) is 0 Å². The van der Waals surface area contributed by atoms with E-state index < -0.39 is 11.7 Å². The molecule has 1 aromatic heterocycles. The predicted octanol–water partition coefficient (Wildman–Crippen LogP) is 0.957. The van der Waals surface area contributed by atoms with Crippen LogP contribution in [0.2, 0.25) is 0 Å². The van der Waals surface area contributed by atoms with Crippen molar-refractivity contribution in [3.8, 4) is 0 Å². The maximum atomic E-state index is 14.3. The minimum atomic E-state index is -0.672. The molecule has 7 heteroatoms. The van der Waals surface area contributed by atoms with Crippen LogP contribution >= 0.6 is 0 Å². The number of hydrogen-bond acceptors (Lipinski definition) is 4. The van der Waals surface area contributed by atoms with Crippen molar-refractivity contribution in [1.29, 1.82) is 0 Å².